The molecule has 0 aliphatic carbocycles. The smallest absolute Gasteiger partial charge is 0.312 e. The van der Waals surface area contributed by atoms with E-state index >= 15 is 0 Å². The van der Waals surface area contributed by atoms with Crippen LogP contribution in [0.4, 0.5) is 0 Å². The van der Waals surface area contributed by atoms with Gasteiger partial charge in [-0.2, -0.15) is 0 Å². The number of imidazole rings is 1. The Kier molecular flexibility index (Phi) is 3.73. The van der Waals surface area contributed by atoms with Crippen molar-refractivity contribution >= 4 is 17.6 Å². The number of carboxylic acids is 1. The third-order valence-electron chi connectivity index (χ3n) is 4.58. The summed E-state index contributed by atoms with van der Waals surface area (Å²) in [7, 11) is 2.13. The Morgan fingerprint density at radius 1 is 1.30 bits per heavy atom. The van der Waals surface area contributed by atoms with Crippen LogP contribution in [0.2, 0.25) is 5.15 Å². The molecule has 1 aromatic heterocycles. The highest BCUT2D eigenvalue weighted by atomic mass is 35.5. The van der Waals surface area contributed by atoms with Crippen molar-refractivity contribution in [3.63, 3.8) is 0 Å². The van der Waals surface area contributed by atoms with Crippen LogP contribution in [0.25, 0.3) is 0 Å². The van der Waals surface area contributed by atoms with Crippen LogP contribution in [0, 0.1) is 0 Å². The first kappa shape index (κ1) is 13.9. The molecule has 1 fully saturated rings. The van der Waals surface area contributed by atoms with Crippen molar-refractivity contribution < 1.29 is 9.90 Å². The standard InChI is InChI=1S/C14H20ClN3O2/c1-17-7-4-9(5-8-17)13-16-12(15)11-10(14(19)20)3-2-6-18(11)13/h9-10H,2-8H2,1H3,(H,19,20). The highest BCUT2D eigenvalue weighted by Gasteiger charge is 2.34. The van der Waals surface area contributed by atoms with E-state index in [9.17, 15) is 9.90 Å². The molecule has 2 aliphatic rings. The number of hydrogen-bond acceptors (Lipinski definition) is 3. The van der Waals surface area contributed by atoms with Gasteiger partial charge >= 0.3 is 5.97 Å². The predicted molar refractivity (Wildman–Crippen MR) is 76.3 cm³/mol. The van der Waals surface area contributed by atoms with Crippen molar-refractivity contribution in [1.29, 1.82) is 0 Å². The second kappa shape index (κ2) is 5.37. The fourth-order valence-electron chi connectivity index (χ4n) is 3.43. The molecular weight excluding hydrogens is 278 g/mol. The molecule has 0 spiro atoms. The van der Waals surface area contributed by atoms with Gasteiger partial charge in [0.1, 0.15) is 11.7 Å². The van der Waals surface area contributed by atoms with Gasteiger partial charge in [-0.3, -0.25) is 4.79 Å². The molecule has 0 aromatic carbocycles. The maximum atomic E-state index is 11.4. The van der Waals surface area contributed by atoms with Gasteiger partial charge in [-0.15, -0.1) is 0 Å². The van der Waals surface area contributed by atoms with Crippen LogP contribution in [-0.4, -0.2) is 45.7 Å². The minimum Gasteiger partial charge on any atom is -0.481 e. The number of aliphatic carboxylic acids is 1. The van der Waals surface area contributed by atoms with Gasteiger partial charge in [-0.1, -0.05) is 11.6 Å². The van der Waals surface area contributed by atoms with Crippen LogP contribution in [-0.2, 0) is 11.3 Å². The van der Waals surface area contributed by atoms with Crippen molar-refractivity contribution in [2.24, 2.45) is 0 Å². The van der Waals surface area contributed by atoms with Crippen LogP contribution in [0.15, 0.2) is 0 Å². The van der Waals surface area contributed by atoms with E-state index < -0.39 is 11.9 Å². The molecule has 0 radical (unpaired) electrons. The van der Waals surface area contributed by atoms with Crippen molar-refractivity contribution in [2.75, 3.05) is 20.1 Å². The Morgan fingerprint density at radius 2 is 2.00 bits per heavy atom. The van der Waals surface area contributed by atoms with Gasteiger partial charge in [0, 0.05) is 12.5 Å². The van der Waals surface area contributed by atoms with E-state index in [1.165, 1.54) is 0 Å². The first-order valence-electron chi connectivity index (χ1n) is 7.25. The summed E-state index contributed by atoms with van der Waals surface area (Å²) in [6.07, 6.45) is 3.69. The van der Waals surface area contributed by atoms with E-state index in [2.05, 4.69) is 21.5 Å². The number of piperidine rings is 1. The molecule has 1 saturated heterocycles. The second-order valence-corrected chi connectivity index (χ2v) is 6.27. The quantitative estimate of drug-likeness (QED) is 0.910. The normalized spacial score (nSPS) is 24.6. The van der Waals surface area contributed by atoms with Crippen molar-refractivity contribution in [2.45, 2.75) is 44.1 Å². The fraction of sp³-hybridized carbons (Fsp3) is 0.714. The minimum absolute atomic E-state index is 0.394. The lowest BCUT2D eigenvalue weighted by Crippen LogP contribution is -2.31. The Bertz CT molecular complexity index is 521. The average Bonchev–Trinajstić information content (AvgIpc) is 2.77. The number of likely N-dealkylation sites (tertiary alicyclic amines) is 1. The van der Waals surface area contributed by atoms with Gasteiger partial charge in [0.2, 0.25) is 0 Å². The second-order valence-electron chi connectivity index (χ2n) is 5.91. The lowest BCUT2D eigenvalue weighted by Gasteiger charge is -2.30. The third-order valence-corrected chi connectivity index (χ3v) is 4.86. The van der Waals surface area contributed by atoms with Crippen LogP contribution in [0.5, 0.6) is 0 Å². The number of halogens is 1. The lowest BCUT2D eigenvalue weighted by molar-refractivity contribution is -0.139. The largest absolute Gasteiger partial charge is 0.481 e. The summed E-state index contributed by atoms with van der Waals surface area (Å²) >= 11 is 6.24. The van der Waals surface area contributed by atoms with Crippen molar-refractivity contribution in [1.82, 2.24) is 14.5 Å². The number of carboxylic acid groups (broad SMARTS) is 1. The molecule has 1 N–H and O–H groups in total. The van der Waals surface area contributed by atoms with E-state index in [0.29, 0.717) is 17.5 Å². The van der Waals surface area contributed by atoms with Gasteiger partial charge in [0.05, 0.1) is 5.69 Å². The van der Waals surface area contributed by atoms with Gasteiger partial charge in [0.25, 0.3) is 0 Å². The monoisotopic (exact) mass is 297 g/mol. The van der Waals surface area contributed by atoms with E-state index in [1.54, 1.807) is 0 Å². The van der Waals surface area contributed by atoms with E-state index in [0.717, 1.165) is 50.4 Å². The summed E-state index contributed by atoms with van der Waals surface area (Å²) in [6.45, 7) is 2.97. The third kappa shape index (κ3) is 2.33. The summed E-state index contributed by atoms with van der Waals surface area (Å²) in [5.74, 6) is 0.125. The van der Waals surface area contributed by atoms with Gasteiger partial charge in [-0.05, 0) is 45.8 Å². The summed E-state index contributed by atoms with van der Waals surface area (Å²) in [5, 5.41) is 9.75. The fourth-order valence-corrected chi connectivity index (χ4v) is 3.75. The maximum absolute atomic E-state index is 11.4. The minimum atomic E-state index is -0.789. The molecule has 0 bridgehead atoms. The number of aromatic nitrogens is 2. The number of fused-ring (bicyclic) bond motifs is 1. The zero-order valence-corrected chi connectivity index (χ0v) is 12.4. The van der Waals surface area contributed by atoms with Crippen LogP contribution in [0.3, 0.4) is 0 Å². The molecule has 3 heterocycles. The Balaban J connectivity index is 1.94. The Labute approximate surface area is 123 Å². The molecule has 6 heteroatoms. The molecule has 0 saturated carbocycles. The lowest BCUT2D eigenvalue weighted by atomic mass is 9.94. The molecular formula is C14H20ClN3O2. The first-order chi connectivity index (χ1) is 9.58. The Hall–Kier alpha value is -1.07. The summed E-state index contributed by atoms with van der Waals surface area (Å²) in [6, 6.07) is 0. The first-order valence-corrected chi connectivity index (χ1v) is 7.63. The van der Waals surface area contributed by atoms with E-state index in [4.69, 9.17) is 11.6 Å². The Morgan fingerprint density at radius 3 is 2.65 bits per heavy atom. The molecule has 110 valence electrons. The zero-order chi connectivity index (χ0) is 14.3. The van der Waals surface area contributed by atoms with Gasteiger partial charge < -0.3 is 14.6 Å². The van der Waals surface area contributed by atoms with Crippen LogP contribution < -0.4 is 0 Å². The van der Waals surface area contributed by atoms with E-state index in [1.807, 2.05) is 0 Å². The molecule has 3 rings (SSSR count). The van der Waals surface area contributed by atoms with Gasteiger partial charge in [0.15, 0.2) is 5.15 Å². The predicted octanol–water partition coefficient (Wildman–Crippen LogP) is 2.31. The summed E-state index contributed by atoms with van der Waals surface area (Å²) < 4.78 is 2.08. The number of rotatable bonds is 2. The van der Waals surface area contributed by atoms with Crippen molar-refractivity contribution in [3.8, 4) is 0 Å². The van der Waals surface area contributed by atoms with Gasteiger partial charge in [-0.25, -0.2) is 4.98 Å². The average molecular weight is 298 g/mol. The number of nitrogens with zero attached hydrogens (tertiary/aromatic N) is 3. The highest BCUT2D eigenvalue weighted by molar-refractivity contribution is 6.30. The number of hydrogen-bond donors (Lipinski definition) is 1. The number of carbonyl (C=O) groups is 1. The molecule has 5 nitrogen and oxygen atoms in total. The highest BCUT2D eigenvalue weighted by Crippen LogP contribution is 2.37. The molecule has 1 aromatic rings. The SMILES string of the molecule is CN1CCC(c2nc(Cl)c3n2CCCC3C(=O)O)CC1. The maximum Gasteiger partial charge on any atom is 0.312 e. The van der Waals surface area contributed by atoms with Crippen molar-refractivity contribution in [3.05, 3.63) is 16.7 Å². The summed E-state index contributed by atoms with van der Waals surface area (Å²) in [5.41, 5.74) is 0.722. The topological polar surface area (TPSA) is 58.4 Å². The molecule has 20 heavy (non-hydrogen) atoms. The van der Waals surface area contributed by atoms with Crippen LogP contribution in [0.1, 0.15) is 49.0 Å². The molecule has 0 amide bonds. The molecule has 2 aliphatic heterocycles. The van der Waals surface area contributed by atoms with Crippen LogP contribution >= 0.6 is 11.6 Å². The molecule has 1 atom stereocenters. The zero-order valence-electron chi connectivity index (χ0n) is 11.7. The summed E-state index contributed by atoms with van der Waals surface area (Å²) in [4.78, 5) is 18.2. The molecule has 1 unspecified atom stereocenters. The van der Waals surface area contributed by atoms with E-state index in [-0.39, 0.29) is 0 Å².